The van der Waals surface area contributed by atoms with E-state index in [4.69, 9.17) is 4.74 Å². The molecule has 0 saturated heterocycles. The minimum Gasteiger partial charge on any atom is -0.462 e. The zero-order valence-corrected chi connectivity index (χ0v) is 18.7. The van der Waals surface area contributed by atoms with Crippen molar-refractivity contribution in [1.82, 2.24) is 9.38 Å². The normalized spacial score (nSPS) is 12.1. The number of fused-ring (bicyclic) bond motifs is 4. The van der Waals surface area contributed by atoms with Crippen LogP contribution in [0, 0.1) is 0 Å². The molecular formula is C27H24N2O5. The van der Waals surface area contributed by atoms with Crippen LogP contribution in [0.2, 0.25) is 0 Å². The first kappa shape index (κ1) is 23.1. The fraction of sp³-hybridized carbons (Fsp3) is 0.185. The molecule has 0 unspecified atom stereocenters. The Balaban J connectivity index is 0.00000274. The molecule has 1 aromatic carbocycles. The van der Waals surface area contributed by atoms with Gasteiger partial charge in [-0.25, -0.2) is 4.79 Å². The number of benzene rings is 1. The molecule has 3 aromatic heterocycles. The zero-order valence-electron chi connectivity index (χ0n) is 18.7. The van der Waals surface area contributed by atoms with E-state index in [0.29, 0.717) is 16.6 Å². The number of unbranched alkanes of at least 4 members (excludes halogenated alkanes) is 2. The Bertz CT molecular complexity index is 1410. The van der Waals surface area contributed by atoms with Crippen LogP contribution < -0.4 is 0 Å². The molecule has 1 aliphatic carbocycles. The summed E-state index contributed by atoms with van der Waals surface area (Å²) in [5.74, 6) is -1.20. The molecule has 5 rings (SSSR count). The molecule has 7 heteroatoms. The lowest BCUT2D eigenvalue weighted by molar-refractivity contribution is 0.0498. The molecule has 34 heavy (non-hydrogen) atoms. The third kappa shape index (κ3) is 3.70. The van der Waals surface area contributed by atoms with Crippen molar-refractivity contribution in [3.63, 3.8) is 0 Å². The summed E-state index contributed by atoms with van der Waals surface area (Å²) >= 11 is 0. The molecule has 0 fully saturated rings. The van der Waals surface area contributed by atoms with Gasteiger partial charge in [-0.05, 0) is 41.8 Å². The maximum atomic E-state index is 13.5. The van der Waals surface area contributed by atoms with Crippen molar-refractivity contribution in [3.05, 3.63) is 95.1 Å². The molecule has 0 bridgehead atoms. The predicted octanol–water partition coefficient (Wildman–Crippen LogP) is 4.30. The number of ketones is 2. The lowest BCUT2D eigenvalue weighted by atomic mass is 9.86. The Labute approximate surface area is 196 Å². The van der Waals surface area contributed by atoms with Crippen LogP contribution in [-0.2, 0) is 4.74 Å². The molecule has 7 nitrogen and oxygen atoms in total. The molecule has 0 atom stereocenters. The van der Waals surface area contributed by atoms with Gasteiger partial charge in [0.2, 0.25) is 5.78 Å². The second-order valence-corrected chi connectivity index (χ2v) is 8.05. The highest BCUT2D eigenvalue weighted by Crippen LogP contribution is 2.35. The lowest BCUT2D eigenvalue weighted by Gasteiger charge is -2.15. The topological polar surface area (TPSA) is 109 Å². The summed E-state index contributed by atoms with van der Waals surface area (Å²) in [4.78, 5) is 44.2. The second kappa shape index (κ2) is 9.41. The van der Waals surface area contributed by atoms with Crippen LogP contribution in [0.25, 0.3) is 16.6 Å². The molecule has 1 aliphatic rings. The van der Waals surface area contributed by atoms with Crippen LogP contribution in [0.1, 0.15) is 68.5 Å². The fourth-order valence-electron chi connectivity index (χ4n) is 4.36. The summed E-state index contributed by atoms with van der Waals surface area (Å²) in [6.07, 6.45) is 7.80. The Morgan fingerprint density at radius 1 is 0.941 bits per heavy atom. The number of carbonyl (C=O) groups excluding carboxylic acids is 3. The smallest absolute Gasteiger partial charge is 0.341 e. The number of pyridine rings is 2. The van der Waals surface area contributed by atoms with Gasteiger partial charge >= 0.3 is 5.97 Å². The molecule has 172 valence electrons. The molecule has 3 heterocycles. The molecule has 0 amide bonds. The molecule has 2 N–H and O–H groups in total. The summed E-state index contributed by atoms with van der Waals surface area (Å²) in [7, 11) is 0. The van der Waals surface area contributed by atoms with E-state index in [1.54, 1.807) is 47.3 Å². The minimum absolute atomic E-state index is 0. The number of aromatic nitrogens is 2. The van der Waals surface area contributed by atoms with Crippen LogP contribution >= 0.6 is 0 Å². The number of carbonyl (C=O) groups is 3. The van der Waals surface area contributed by atoms with E-state index in [0.717, 1.165) is 30.4 Å². The van der Waals surface area contributed by atoms with E-state index in [1.165, 1.54) is 0 Å². The maximum Gasteiger partial charge on any atom is 0.341 e. The van der Waals surface area contributed by atoms with E-state index in [-0.39, 0.29) is 40.5 Å². The van der Waals surface area contributed by atoms with E-state index >= 15 is 0 Å². The van der Waals surface area contributed by atoms with Gasteiger partial charge < -0.3 is 14.6 Å². The quantitative estimate of drug-likeness (QED) is 0.280. The van der Waals surface area contributed by atoms with Crippen LogP contribution in [0.5, 0.6) is 0 Å². The van der Waals surface area contributed by atoms with E-state index in [9.17, 15) is 14.4 Å². The molecule has 4 aromatic rings. The first-order chi connectivity index (χ1) is 16.1. The SMILES string of the molecule is CCCCCOC(=O)c1c2c(n3ccc(-c4ccncc4)cc13)C(=O)c1ccccc1C2=O.O. The lowest BCUT2D eigenvalue weighted by Crippen LogP contribution is -2.23. The summed E-state index contributed by atoms with van der Waals surface area (Å²) in [6.45, 7) is 2.34. The van der Waals surface area contributed by atoms with E-state index in [1.807, 2.05) is 24.3 Å². The first-order valence-electron chi connectivity index (χ1n) is 11.1. The summed E-state index contributed by atoms with van der Waals surface area (Å²) in [6, 6.07) is 14.1. The van der Waals surface area contributed by atoms with Crippen molar-refractivity contribution in [2.75, 3.05) is 6.61 Å². The van der Waals surface area contributed by atoms with Gasteiger partial charge in [0.25, 0.3) is 0 Å². The van der Waals surface area contributed by atoms with Gasteiger partial charge in [-0.3, -0.25) is 14.6 Å². The highest BCUT2D eigenvalue weighted by atomic mass is 16.5. The van der Waals surface area contributed by atoms with Crippen molar-refractivity contribution in [1.29, 1.82) is 0 Å². The van der Waals surface area contributed by atoms with Gasteiger partial charge in [-0.2, -0.15) is 0 Å². The Hall–Kier alpha value is -4.10. The van der Waals surface area contributed by atoms with Crippen molar-refractivity contribution in [2.24, 2.45) is 0 Å². The van der Waals surface area contributed by atoms with Gasteiger partial charge in [0.1, 0.15) is 5.69 Å². The predicted molar refractivity (Wildman–Crippen MR) is 127 cm³/mol. The number of rotatable bonds is 6. The molecule has 0 radical (unpaired) electrons. The standard InChI is InChI=1S/C27H22N2O4.H2O/c1-2-3-6-15-33-27(32)22-21-16-18(17-9-12-28-13-10-17)11-14-29(21)24-23(22)25(30)19-7-4-5-8-20(19)26(24)31;/h4-5,7-14,16H,2-3,6,15H2,1H3;1H2. The Morgan fingerprint density at radius 2 is 1.65 bits per heavy atom. The number of ether oxygens (including phenoxy) is 1. The highest BCUT2D eigenvalue weighted by Gasteiger charge is 2.38. The van der Waals surface area contributed by atoms with Crippen molar-refractivity contribution in [3.8, 4) is 11.1 Å². The largest absolute Gasteiger partial charge is 0.462 e. The van der Waals surface area contributed by atoms with E-state index in [2.05, 4.69) is 11.9 Å². The molecular weight excluding hydrogens is 432 g/mol. The van der Waals surface area contributed by atoms with Crippen LogP contribution in [0.15, 0.2) is 67.1 Å². The third-order valence-electron chi connectivity index (χ3n) is 6.00. The average molecular weight is 456 g/mol. The summed E-state index contributed by atoms with van der Waals surface area (Å²) in [5.41, 5.74) is 3.35. The van der Waals surface area contributed by atoms with Crippen LogP contribution in [-0.4, -0.2) is 39.0 Å². The zero-order chi connectivity index (χ0) is 22.9. The number of hydrogen-bond donors (Lipinski definition) is 0. The van der Waals surface area contributed by atoms with Gasteiger partial charge in [0, 0.05) is 29.7 Å². The van der Waals surface area contributed by atoms with Crippen molar-refractivity contribution < 1.29 is 24.6 Å². The van der Waals surface area contributed by atoms with Crippen LogP contribution in [0.4, 0.5) is 0 Å². The average Bonchev–Trinajstić information content (AvgIpc) is 3.20. The monoisotopic (exact) mass is 456 g/mol. The second-order valence-electron chi connectivity index (χ2n) is 8.05. The van der Waals surface area contributed by atoms with Crippen LogP contribution in [0.3, 0.4) is 0 Å². The molecule has 0 spiro atoms. The number of hydrogen-bond acceptors (Lipinski definition) is 5. The Morgan fingerprint density at radius 3 is 2.35 bits per heavy atom. The minimum atomic E-state index is -0.586. The fourth-order valence-corrected chi connectivity index (χ4v) is 4.36. The maximum absolute atomic E-state index is 13.5. The van der Waals surface area contributed by atoms with Crippen molar-refractivity contribution in [2.45, 2.75) is 26.2 Å². The number of esters is 1. The van der Waals surface area contributed by atoms with Gasteiger partial charge in [-0.1, -0.05) is 44.0 Å². The molecule has 0 aliphatic heterocycles. The highest BCUT2D eigenvalue weighted by molar-refractivity contribution is 6.31. The molecule has 0 saturated carbocycles. The van der Waals surface area contributed by atoms with Crippen molar-refractivity contribution >= 4 is 23.1 Å². The summed E-state index contributed by atoms with van der Waals surface area (Å²) in [5, 5.41) is 0. The van der Waals surface area contributed by atoms with Gasteiger partial charge in [-0.15, -0.1) is 0 Å². The first-order valence-corrected chi connectivity index (χ1v) is 11.1. The van der Waals surface area contributed by atoms with Gasteiger partial charge in [0.05, 0.1) is 23.3 Å². The van der Waals surface area contributed by atoms with Gasteiger partial charge in [0.15, 0.2) is 5.78 Å². The Kier molecular flexibility index (Phi) is 6.38. The third-order valence-corrected chi connectivity index (χ3v) is 6.00. The summed E-state index contributed by atoms with van der Waals surface area (Å²) < 4.78 is 7.19. The van der Waals surface area contributed by atoms with E-state index < -0.39 is 5.97 Å². The number of nitrogens with zero attached hydrogens (tertiary/aromatic N) is 2.